The van der Waals surface area contributed by atoms with E-state index in [0.717, 1.165) is 32.0 Å². The van der Waals surface area contributed by atoms with E-state index in [-0.39, 0.29) is 5.69 Å². The minimum absolute atomic E-state index is 0.237. The second kappa shape index (κ2) is 5.91. The Hall–Kier alpha value is -1.43. The molecule has 0 aliphatic carbocycles. The van der Waals surface area contributed by atoms with E-state index >= 15 is 0 Å². The van der Waals surface area contributed by atoms with Gasteiger partial charge in [-0.2, -0.15) is 13.2 Å². The first kappa shape index (κ1) is 15.0. The Bertz CT molecular complexity index is 459. The van der Waals surface area contributed by atoms with Gasteiger partial charge in [-0.05, 0) is 44.1 Å². The van der Waals surface area contributed by atoms with Crippen molar-refractivity contribution >= 4 is 11.4 Å². The zero-order valence-electron chi connectivity index (χ0n) is 11.5. The standard InChI is InChI=1S/C14H20F3N3/c1-2-20-7-3-4-11(20)9-19-10-5-6-13(18)12(8-10)14(15,16)17/h5-6,8,11,19H,2-4,7,9,18H2,1H3. The number of hydrogen-bond acceptors (Lipinski definition) is 3. The number of benzene rings is 1. The highest BCUT2D eigenvalue weighted by molar-refractivity contribution is 5.58. The van der Waals surface area contributed by atoms with Crippen molar-refractivity contribution in [2.75, 3.05) is 30.7 Å². The van der Waals surface area contributed by atoms with Crippen LogP contribution in [0.5, 0.6) is 0 Å². The summed E-state index contributed by atoms with van der Waals surface area (Å²) in [4.78, 5) is 2.34. The Morgan fingerprint density at radius 1 is 1.40 bits per heavy atom. The molecule has 3 N–H and O–H groups in total. The second-order valence-electron chi connectivity index (χ2n) is 5.11. The quantitative estimate of drug-likeness (QED) is 0.836. The molecule has 0 radical (unpaired) electrons. The zero-order valence-corrected chi connectivity index (χ0v) is 11.5. The average molecular weight is 287 g/mol. The number of nitrogens with zero attached hydrogens (tertiary/aromatic N) is 1. The van der Waals surface area contributed by atoms with Gasteiger partial charge in [0.25, 0.3) is 0 Å². The lowest BCUT2D eigenvalue weighted by Gasteiger charge is -2.23. The van der Waals surface area contributed by atoms with Crippen LogP contribution in [0.1, 0.15) is 25.3 Å². The van der Waals surface area contributed by atoms with Gasteiger partial charge in [-0.15, -0.1) is 0 Å². The molecular formula is C14H20F3N3. The van der Waals surface area contributed by atoms with E-state index in [1.165, 1.54) is 6.07 Å². The van der Waals surface area contributed by atoms with Gasteiger partial charge in [0, 0.05) is 24.0 Å². The first-order valence-corrected chi connectivity index (χ1v) is 6.86. The van der Waals surface area contributed by atoms with Gasteiger partial charge in [-0.25, -0.2) is 0 Å². The minimum Gasteiger partial charge on any atom is -0.398 e. The van der Waals surface area contributed by atoms with Gasteiger partial charge in [0.15, 0.2) is 0 Å². The van der Waals surface area contributed by atoms with Crippen molar-refractivity contribution in [1.82, 2.24) is 4.90 Å². The van der Waals surface area contributed by atoms with Gasteiger partial charge in [-0.1, -0.05) is 6.92 Å². The van der Waals surface area contributed by atoms with Crippen LogP contribution in [0.3, 0.4) is 0 Å². The van der Waals surface area contributed by atoms with Crippen molar-refractivity contribution in [1.29, 1.82) is 0 Å². The summed E-state index contributed by atoms with van der Waals surface area (Å²) in [5.41, 5.74) is 4.84. The highest BCUT2D eigenvalue weighted by Crippen LogP contribution is 2.35. The Morgan fingerprint density at radius 2 is 2.15 bits per heavy atom. The summed E-state index contributed by atoms with van der Waals surface area (Å²) in [6.45, 7) is 4.80. The molecule has 1 atom stereocenters. The molecule has 1 fully saturated rings. The Kier molecular flexibility index (Phi) is 4.42. The fraction of sp³-hybridized carbons (Fsp3) is 0.571. The third-order valence-electron chi connectivity index (χ3n) is 3.81. The summed E-state index contributed by atoms with van der Waals surface area (Å²) < 4.78 is 38.3. The van der Waals surface area contributed by atoms with Gasteiger partial charge >= 0.3 is 6.18 Å². The van der Waals surface area contributed by atoms with Crippen molar-refractivity contribution in [2.45, 2.75) is 32.0 Å². The molecule has 0 amide bonds. The molecule has 0 spiro atoms. The van der Waals surface area contributed by atoms with Crippen LogP contribution in [0.2, 0.25) is 0 Å². The number of halogens is 3. The molecule has 1 aliphatic rings. The summed E-state index contributed by atoms with van der Waals surface area (Å²) in [7, 11) is 0. The molecule has 6 heteroatoms. The Balaban J connectivity index is 2.03. The van der Waals surface area contributed by atoms with Crippen molar-refractivity contribution in [2.24, 2.45) is 0 Å². The molecular weight excluding hydrogens is 267 g/mol. The van der Waals surface area contributed by atoms with Crippen LogP contribution in [-0.2, 0) is 6.18 Å². The largest absolute Gasteiger partial charge is 0.418 e. The number of likely N-dealkylation sites (N-methyl/N-ethyl adjacent to an activating group) is 1. The number of rotatable bonds is 4. The van der Waals surface area contributed by atoms with E-state index in [2.05, 4.69) is 17.1 Å². The molecule has 1 saturated heterocycles. The van der Waals surface area contributed by atoms with Crippen molar-refractivity contribution in [3.8, 4) is 0 Å². The highest BCUT2D eigenvalue weighted by Gasteiger charge is 2.33. The SMILES string of the molecule is CCN1CCCC1CNc1ccc(N)c(C(F)(F)F)c1. The summed E-state index contributed by atoms with van der Waals surface area (Å²) in [5, 5.41) is 3.09. The van der Waals surface area contributed by atoms with Gasteiger partial charge in [0.1, 0.15) is 0 Å². The zero-order chi connectivity index (χ0) is 14.8. The number of anilines is 2. The molecule has 112 valence electrons. The first-order valence-electron chi connectivity index (χ1n) is 6.86. The van der Waals surface area contributed by atoms with Crippen LogP contribution in [-0.4, -0.2) is 30.6 Å². The maximum absolute atomic E-state index is 12.8. The van der Waals surface area contributed by atoms with E-state index in [1.807, 2.05) is 0 Å². The molecule has 0 aromatic heterocycles. The number of hydrogen-bond donors (Lipinski definition) is 2. The number of likely N-dealkylation sites (tertiary alicyclic amines) is 1. The monoisotopic (exact) mass is 287 g/mol. The summed E-state index contributed by atoms with van der Waals surface area (Å²) in [6.07, 6.45) is -2.18. The minimum atomic E-state index is -4.41. The van der Waals surface area contributed by atoms with Crippen molar-refractivity contribution in [3.63, 3.8) is 0 Å². The van der Waals surface area contributed by atoms with Crippen LogP contribution >= 0.6 is 0 Å². The fourth-order valence-corrected chi connectivity index (χ4v) is 2.69. The number of nitrogens with two attached hydrogens (primary N) is 1. The van der Waals surface area contributed by atoms with Crippen molar-refractivity contribution < 1.29 is 13.2 Å². The summed E-state index contributed by atoms with van der Waals surface area (Å²) >= 11 is 0. The molecule has 0 saturated carbocycles. The normalized spacial score (nSPS) is 20.3. The predicted octanol–water partition coefficient (Wildman–Crippen LogP) is 3.18. The lowest BCUT2D eigenvalue weighted by Crippen LogP contribution is -2.34. The van der Waals surface area contributed by atoms with Crippen LogP contribution in [0.15, 0.2) is 18.2 Å². The van der Waals surface area contributed by atoms with Crippen LogP contribution in [0.4, 0.5) is 24.5 Å². The second-order valence-corrected chi connectivity index (χ2v) is 5.11. The van der Waals surface area contributed by atoms with E-state index in [1.54, 1.807) is 6.07 Å². The predicted molar refractivity (Wildman–Crippen MR) is 74.6 cm³/mol. The molecule has 1 aromatic carbocycles. The summed E-state index contributed by atoms with van der Waals surface area (Å²) in [5.74, 6) is 0. The van der Waals surface area contributed by atoms with Gasteiger partial charge < -0.3 is 11.1 Å². The van der Waals surface area contributed by atoms with E-state index in [4.69, 9.17) is 5.73 Å². The maximum Gasteiger partial charge on any atom is 0.418 e. The first-order chi connectivity index (χ1) is 9.41. The molecule has 1 heterocycles. The fourth-order valence-electron chi connectivity index (χ4n) is 2.69. The third kappa shape index (κ3) is 3.36. The van der Waals surface area contributed by atoms with E-state index in [9.17, 15) is 13.2 Å². The van der Waals surface area contributed by atoms with Crippen LogP contribution < -0.4 is 11.1 Å². The van der Waals surface area contributed by atoms with Gasteiger partial charge in [0.05, 0.1) is 5.56 Å². The van der Waals surface area contributed by atoms with Gasteiger partial charge in [0.2, 0.25) is 0 Å². The maximum atomic E-state index is 12.8. The lowest BCUT2D eigenvalue weighted by atomic mass is 10.1. The van der Waals surface area contributed by atoms with E-state index in [0.29, 0.717) is 18.3 Å². The smallest absolute Gasteiger partial charge is 0.398 e. The van der Waals surface area contributed by atoms with Crippen LogP contribution in [0, 0.1) is 0 Å². The molecule has 20 heavy (non-hydrogen) atoms. The topological polar surface area (TPSA) is 41.3 Å². The van der Waals surface area contributed by atoms with Crippen molar-refractivity contribution in [3.05, 3.63) is 23.8 Å². The average Bonchev–Trinajstić information content (AvgIpc) is 2.84. The number of alkyl halides is 3. The van der Waals surface area contributed by atoms with Gasteiger partial charge in [-0.3, -0.25) is 4.90 Å². The number of nitrogen functional groups attached to an aromatic ring is 1. The molecule has 1 unspecified atom stereocenters. The number of nitrogens with one attached hydrogen (secondary N) is 1. The van der Waals surface area contributed by atoms with Crippen LogP contribution in [0.25, 0.3) is 0 Å². The molecule has 0 bridgehead atoms. The highest BCUT2D eigenvalue weighted by atomic mass is 19.4. The third-order valence-corrected chi connectivity index (χ3v) is 3.81. The molecule has 1 aromatic rings. The molecule has 2 rings (SSSR count). The summed E-state index contributed by atoms with van der Waals surface area (Å²) in [6, 6.07) is 4.38. The molecule has 3 nitrogen and oxygen atoms in total. The van der Waals surface area contributed by atoms with E-state index < -0.39 is 11.7 Å². The molecule has 1 aliphatic heterocycles. The lowest BCUT2D eigenvalue weighted by molar-refractivity contribution is -0.136. The Morgan fingerprint density at radius 3 is 2.80 bits per heavy atom. The Labute approximate surface area is 116 Å².